The highest BCUT2D eigenvalue weighted by Gasteiger charge is 2.35. The van der Waals surface area contributed by atoms with Crippen molar-refractivity contribution < 1.29 is 27.4 Å². The van der Waals surface area contributed by atoms with Gasteiger partial charge in [-0.15, -0.1) is 24.8 Å². The summed E-state index contributed by atoms with van der Waals surface area (Å²) in [6.45, 7) is 9.24. The number of hydrogen-bond acceptors (Lipinski definition) is 5. The molecular weight excluding hydrogens is 616 g/mol. The standard InChI is InChI=1S/C32H37F3N4O3.2ClH/c1-31(2)22-42-15-14-38(31)11-7-6-10-37-12-13-39(26(21-37)17-24-20-36-29-9-5-4-8-28(24)29)30(40)23-16-25(32(33,34)35)19-27(18-23)41-3;;/h4-5,8-9,16,18-20,26,36H,10-15,17,21-22H2,1-3H3;2*1H/t26-;;/m1../s1. The number of nitrogens with one attached hydrogen (secondary N) is 1. The highest BCUT2D eigenvalue weighted by Crippen LogP contribution is 2.33. The van der Waals surface area contributed by atoms with E-state index in [0.717, 1.165) is 35.1 Å². The Kier molecular flexibility index (Phi) is 12.0. The molecule has 7 nitrogen and oxygen atoms in total. The minimum absolute atomic E-state index is 0. The molecule has 3 aromatic rings. The van der Waals surface area contributed by atoms with Crippen molar-refractivity contribution in [3.8, 4) is 17.6 Å². The first kappa shape index (κ1) is 35.5. The molecular formula is C32H39Cl2F3N4O3. The van der Waals surface area contributed by atoms with Crippen LogP contribution < -0.4 is 4.74 Å². The van der Waals surface area contributed by atoms with E-state index in [-0.39, 0.29) is 47.7 Å². The zero-order valence-electron chi connectivity index (χ0n) is 25.1. The van der Waals surface area contributed by atoms with E-state index in [9.17, 15) is 18.0 Å². The smallest absolute Gasteiger partial charge is 0.416 e. The highest BCUT2D eigenvalue weighted by atomic mass is 35.5. The van der Waals surface area contributed by atoms with Gasteiger partial charge in [0.25, 0.3) is 5.91 Å². The number of alkyl halides is 3. The van der Waals surface area contributed by atoms with Crippen molar-refractivity contribution in [2.75, 3.05) is 59.6 Å². The van der Waals surface area contributed by atoms with E-state index in [1.54, 1.807) is 4.90 Å². The molecule has 2 saturated heterocycles. The maximum absolute atomic E-state index is 13.8. The fraction of sp³-hybridized carbons (Fsp3) is 0.469. The van der Waals surface area contributed by atoms with Crippen LogP contribution in [-0.2, 0) is 17.3 Å². The number of amides is 1. The number of piperazine rings is 1. The number of halogens is 5. The van der Waals surface area contributed by atoms with Crippen LogP contribution in [0.15, 0.2) is 48.7 Å². The topological polar surface area (TPSA) is 61.0 Å². The number of nitrogens with zero attached hydrogens (tertiary/aromatic N) is 3. The summed E-state index contributed by atoms with van der Waals surface area (Å²) in [5.74, 6) is 6.17. The lowest BCUT2D eigenvalue weighted by Crippen LogP contribution is -2.56. The van der Waals surface area contributed by atoms with Gasteiger partial charge in [0.1, 0.15) is 5.75 Å². The first-order valence-electron chi connectivity index (χ1n) is 14.2. The van der Waals surface area contributed by atoms with Crippen LogP contribution in [0.5, 0.6) is 5.75 Å². The Morgan fingerprint density at radius 2 is 1.84 bits per heavy atom. The second-order valence-corrected chi connectivity index (χ2v) is 11.5. The Bertz CT molecular complexity index is 1480. The third-order valence-corrected chi connectivity index (χ3v) is 8.19. The maximum Gasteiger partial charge on any atom is 0.416 e. The van der Waals surface area contributed by atoms with E-state index >= 15 is 0 Å². The van der Waals surface area contributed by atoms with Crippen molar-refractivity contribution in [1.82, 2.24) is 19.7 Å². The number of H-pyrrole nitrogens is 1. The Labute approximate surface area is 268 Å². The molecule has 0 saturated carbocycles. The lowest BCUT2D eigenvalue weighted by Gasteiger charge is -2.41. The summed E-state index contributed by atoms with van der Waals surface area (Å²) >= 11 is 0. The van der Waals surface area contributed by atoms with Gasteiger partial charge in [-0.1, -0.05) is 30.0 Å². The van der Waals surface area contributed by atoms with Gasteiger partial charge in [0.05, 0.1) is 39.0 Å². The molecule has 2 aliphatic heterocycles. The number of aromatic amines is 1. The Balaban J connectivity index is 0.00000264. The lowest BCUT2D eigenvalue weighted by atomic mass is 9.99. The minimum atomic E-state index is -4.60. The zero-order chi connectivity index (χ0) is 29.9. The monoisotopic (exact) mass is 654 g/mol. The van der Waals surface area contributed by atoms with Crippen LogP contribution in [-0.4, -0.2) is 96.8 Å². The molecule has 44 heavy (non-hydrogen) atoms. The molecule has 0 bridgehead atoms. The van der Waals surface area contributed by atoms with Gasteiger partial charge in [-0.3, -0.25) is 14.6 Å². The first-order valence-corrected chi connectivity index (χ1v) is 14.2. The minimum Gasteiger partial charge on any atom is -0.497 e. The number of morpholine rings is 1. The molecule has 1 aromatic heterocycles. The average molecular weight is 656 g/mol. The van der Waals surface area contributed by atoms with Crippen molar-refractivity contribution in [1.29, 1.82) is 0 Å². The number of carbonyl (C=O) groups excluding carboxylic acids is 1. The van der Waals surface area contributed by atoms with Gasteiger partial charge in [-0.05, 0) is 50.1 Å². The second-order valence-electron chi connectivity index (χ2n) is 11.5. The molecule has 3 heterocycles. The van der Waals surface area contributed by atoms with E-state index < -0.39 is 17.6 Å². The fourth-order valence-corrected chi connectivity index (χ4v) is 5.73. The van der Waals surface area contributed by atoms with E-state index in [2.05, 4.69) is 40.5 Å². The summed E-state index contributed by atoms with van der Waals surface area (Å²) < 4.78 is 51.6. The van der Waals surface area contributed by atoms with Gasteiger partial charge in [-0.25, -0.2) is 0 Å². The summed E-state index contributed by atoms with van der Waals surface area (Å²) in [5.41, 5.74) is 1.05. The van der Waals surface area contributed by atoms with Crippen LogP contribution in [0.3, 0.4) is 0 Å². The average Bonchev–Trinajstić information content (AvgIpc) is 3.37. The molecule has 1 N–H and O–H groups in total. The van der Waals surface area contributed by atoms with Crippen LogP contribution in [0.1, 0.15) is 35.3 Å². The predicted molar refractivity (Wildman–Crippen MR) is 170 cm³/mol. The number of methoxy groups -OCH3 is 1. The largest absolute Gasteiger partial charge is 0.497 e. The number of benzene rings is 2. The van der Waals surface area contributed by atoms with Gasteiger partial charge in [0.2, 0.25) is 0 Å². The summed E-state index contributed by atoms with van der Waals surface area (Å²) in [7, 11) is 1.30. The van der Waals surface area contributed by atoms with Crippen LogP contribution in [0, 0.1) is 11.8 Å². The normalized spacial score (nSPS) is 19.0. The first-order chi connectivity index (χ1) is 20.0. The van der Waals surface area contributed by atoms with Gasteiger partial charge in [0.15, 0.2) is 0 Å². The van der Waals surface area contributed by atoms with Gasteiger partial charge in [0, 0.05) is 60.4 Å². The van der Waals surface area contributed by atoms with Crippen molar-refractivity contribution in [3.63, 3.8) is 0 Å². The number of carbonyl (C=O) groups is 1. The Morgan fingerprint density at radius 1 is 1.09 bits per heavy atom. The number of hydrogen-bond donors (Lipinski definition) is 1. The number of ether oxygens (including phenoxy) is 2. The molecule has 1 atom stereocenters. The second kappa shape index (κ2) is 14.9. The number of aromatic nitrogens is 1. The molecule has 0 spiro atoms. The molecule has 2 aliphatic rings. The van der Waals surface area contributed by atoms with Crippen LogP contribution in [0.2, 0.25) is 0 Å². The van der Waals surface area contributed by atoms with E-state index in [4.69, 9.17) is 9.47 Å². The molecule has 5 rings (SSSR count). The molecule has 12 heteroatoms. The predicted octanol–water partition coefficient (Wildman–Crippen LogP) is 5.52. The van der Waals surface area contributed by atoms with Crippen molar-refractivity contribution in [3.05, 3.63) is 65.4 Å². The van der Waals surface area contributed by atoms with Crippen LogP contribution in [0.4, 0.5) is 13.2 Å². The van der Waals surface area contributed by atoms with Gasteiger partial charge >= 0.3 is 6.18 Å². The number of para-hydroxylation sites is 1. The summed E-state index contributed by atoms with van der Waals surface area (Å²) in [6.07, 6.45) is -2.10. The van der Waals surface area contributed by atoms with Crippen molar-refractivity contribution in [2.45, 2.75) is 38.0 Å². The quantitative estimate of drug-likeness (QED) is 0.355. The zero-order valence-corrected chi connectivity index (χ0v) is 26.7. The number of rotatable bonds is 6. The van der Waals surface area contributed by atoms with Gasteiger partial charge in [-0.2, -0.15) is 13.2 Å². The summed E-state index contributed by atoms with van der Waals surface area (Å²) in [6, 6.07) is 10.9. The lowest BCUT2D eigenvalue weighted by molar-refractivity contribution is -0.137. The maximum atomic E-state index is 13.8. The number of fused-ring (bicyclic) bond motifs is 1. The Morgan fingerprint density at radius 3 is 2.57 bits per heavy atom. The molecule has 0 unspecified atom stereocenters. The van der Waals surface area contributed by atoms with Crippen molar-refractivity contribution in [2.24, 2.45) is 0 Å². The summed E-state index contributed by atoms with van der Waals surface area (Å²) in [4.78, 5) is 23.3. The fourth-order valence-electron chi connectivity index (χ4n) is 5.73. The Hall–Kier alpha value is -2.94. The van der Waals surface area contributed by atoms with E-state index in [1.807, 2.05) is 30.5 Å². The van der Waals surface area contributed by atoms with Crippen LogP contribution in [0.25, 0.3) is 10.9 Å². The third-order valence-electron chi connectivity index (χ3n) is 8.19. The SMILES string of the molecule is COc1cc(C(=O)N2CCN(CC#CCN3CCOCC3(C)C)C[C@H]2Cc2c[nH]c3ccccc23)cc(C(F)(F)F)c1.Cl.Cl. The third kappa shape index (κ3) is 8.20. The molecule has 0 radical (unpaired) electrons. The molecule has 2 fully saturated rings. The highest BCUT2D eigenvalue weighted by molar-refractivity contribution is 5.95. The molecule has 0 aliphatic carbocycles. The van der Waals surface area contributed by atoms with Crippen LogP contribution >= 0.6 is 24.8 Å². The summed E-state index contributed by atoms with van der Waals surface area (Å²) in [5, 5.41) is 1.07. The molecule has 2 aromatic carbocycles. The van der Waals surface area contributed by atoms with Gasteiger partial charge < -0.3 is 19.4 Å². The molecule has 1 amide bonds. The van der Waals surface area contributed by atoms with E-state index in [1.165, 1.54) is 13.2 Å². The molecule has 240 valence electrons. The van der Waals surface area contributed by atoms with Crippen molar-refractivity contribution >= 4 is 41.6 Å². The van der Waals surface area contributed by atoms with E-state index in [0.29, 0.717) is 52.4 Å².